The van der Waals surface area contributed by atoms with Crippen LogP contribution >= 0.6 is 0 Å². The lowest BCUT2D eigenvalue weighted by atomic mass is 10.1. The Balaban J connectivity index is 2.22. The number of benzene rings is 1. The molecule has 0 aliphatic carbocycles. The summed E-state index contributed by atoms with van der Waals surface area (Å²) >= 11 is 0. The summed E-state index contributed by atoms with van der Waals surface area (Å²) in [6, 6.07) is 6.21. The zero-order valence-corrected chi connectivity index (χ0v) is 12.1. The number of hydrogen-bond donors (Lipinski definition) is 1. The summed E-state index contributed by atoms with van der Waals surface area (Å²) in [5, 5.41) is 4.02. The van der Waals surface area contributed by atoms with Crippen LogP contribution in [-0.4, -0.2) is 14.7 Å². The normalized spacial score (nSPS) is 13.0. The summed E-state index contributed by atoms with van der Waals surface area (Å²) in [4.78, 5) is 4.45. The lowest BCUT2D eigenvalue weighted by Crippen LogP contribution is -2.11. The Morgan fingerprint density at radius 2 is 2.00 bits per heavy atom. The molecule has 0 spiro atoms. The van der Waals surface area contributed by atoms with Crippen molar-refractivity contribution in [3.63, 3.8) is 0 Å². The second kappa shape index (κ2) is 4.37. The molecule has 5 heteroatoms. The van der Waals surface area contributed by atoms with Crippen LogP contribution in [0.4, 0.5) is 5.95 Å². The van der Waals surface area contributed by atoms with E-state index in [2.05, 4.69) is 29.2 Å². The zero-order chi connectivity index (χ0) is 14.4. The Morgan fingerprint density at radius 1 is 1.25 bits per heavy atom. The largest absolute Gasteiger partial charge is 0.369 e. The van der Waals surface area contributed by atoms with Crippen molar-refractivity contribution in [2.75, 3.05) is 5.73 Å². The summed E-state index contributed by atoms with van der Waals surface area (Å²) in [5.74, 6) is 1.33. The van der Waals surface area contributed by atoms with Gasteiger partial charge in [0, 0.05) is 5.56 Å². The molecule has 2 N–H and O–H groups in total. The first-order valence-electron chi connectivity index (χ1n) is 6.66. The minimum absolute atomic E-state index is 0.0361. The number of rotatable bonds is 2. The molecule has 0 radical (unpaired) electrons. The molecule has 0 aliphatic heterocycles. The first-order valence-corrected chi connectivity index (χ1v) is 6.66. The molecule has 20 heavy (non-hydrogen) atoms. The van der Waals surface area contributed by atoms with Crippen molar-refractivity contribution in [1.82, 2.24) is 14.7 Å². The number of anilines is 1. The number of aryl methyl sites for hydroxylation is 3. The SMILES string of the molecule is Cc1ccc2c(c1)nc(N)n2C(C)c1c(C)noc1C. The van der Waals surface area contributed by atoms with Crippen molar-refractivity contribution in [3.8, 4) is 0 Å². The van der Waals surface area contributed by atoms with E-state index in [0.29, 0.717) is 5.95 Å². The maximum absolute atomic E-state index is 6.11. The molecule has 0 saturated carbocycles. The average molecular weight is 270 g/mol. The lowest BCUT2D eigenvalue weighted by molar-refractivity contribution is 0.391. The van der Waals surface area contributed by atoms with Gasteiger partial charge in [0.05, 0.1) is 22.8 Å². The van der Waals surface area contributed by atoms with E-state index < -0.39 is 0 Å². The van der Waals surface area contributed by atoms with Crippen molar-refractivity contribution >= 4 is 17.0 Å². The predicted octanol–water partition coefficient (Wildman–Crippen LogP) is 3.14. The van der Waals surface area contributed by atoms with Gasteiger partial charge in [-0.1, -0.05) is 11.2 Å². The van der Waals surface area contributed by atoms with E-state index in [0.717, 1.165) is 28.1 Å². The van der Waals surface area contributed by atoms with Crippen LogP contribution in [0.1, 0.15) is 35.5 Å². The highest BCUT2D eigenvalue weighted by Crippen LogP contribution is 2.30. The van der Waals surface area contributed by atoms with E-state index in [1.807, 2.05) is 31.4 Å². The Hall–Kier alpha value is -2.30. The predicted molar refractivity (Wildman–Crippen MR) is 78.7 cm³/mol. The van der Waals surface area contributed by atoms with Crippen LogP contribution in [0.3, 0.4) is 0 Å². The van der Waals surface area contributed by atoms with Crippen molar-refractivity contribution in [2.24, 2.45) is 0 Å². The van der Waals surface area contributed by atoms with E-state index in [1.54, 1.807) is 0 Å². The van der Waals surface area contributed by atoms with Crippen LogP contribution in [0.5, 0.6) is 0 Å². The molecule has 2 aromatic heterocycles. The van der Waals surface area contributed by atoms with E-state index >= 15 is 0 Å². The van der Waals surface area contributed by atoms with Crippen LogP contribution in [-0.2, 0) is 0 Å². The minimum Gasteiger partial charge on any atom is -0.369 e. The third-order valence-electron chi connectivity index (χ3n) is 3.77. The lowest BCUT2D eigenvalue weighted by Gasteiger charge is -2.16. The molecule has 1 atom stereocenters. The van der Waals surface area contributed by atoms with Gasteiger partial charge in [-0.05, 0) is 45.4 Å². The van der Waals surface area contributed by atoms with Gasteiger partial charge < -0.3 is 14.8 Å². The van der Waals surface area contributed by atoms with E-state index in [4.69, 9.17) is 10.3 Å². The smallest absolute Gasteiger partial charge is 0.201 e. The summed E-state index contributed by atoms with van der Waals surface area (Å²) < 4.78 is 7.29. The van der Waals surface area contributed by atoms with Gasteiger partial charge in [0.15, 0.2) is 0 Å². The summed E-state index contributed by atoms with van der Waals surface area (Å²) in [7, 11) is 0. The van der Waals surface area contributed by atoms with Crippen molar-refractivity contribution in [1.29, 1.82) is 0 Å². The number of hydrogen-bond acceptors (Lipinski definition) is 4. The highest BCUT2D eigenvalue weighted by atomic mass is 16.5. The molecule has 0 bridgehead atoms. The van der Waals surface area contributed by atoms with Gasteiger partial charge in [-0.15, -0.1) is 0 Å². The molecule has 0 fully saturated rings. The molecule has 0 aliphatic rings. The minimum atomic E-state index is 0.0361. The van der Waals surface area contributed by atoms with Crippen LogP contribution < -0.4 is 5.73 Å². The fourth-order valence-corrected chi connectivity index (χ4v) is 2.85. The third kappa shape index (κ3) is 1.78. The van der Waals surface area contributed by atoms with Crippen molar-refractivity contribution in [3.05, 3.63) is 40.8 Å². The number of nitrogen functional groups attached to an aromatic ring is 1. The van der Waals surface area contributed by atoms with Gasteiger partial charge in [0.1, 0.15) is 5.76 Å². The Kier molecular flexibility index (Phi) is 2.78. The van der Waals surface area contributed by atoms with E-state index in [-0.39, 0.29) is 6.04 Å². The maximum atomic E-state index is 6.11. The summed E-state index contributed by atoms with van der Waals surface area (Å²) in [6.07, 6.45) is 0. The number of fused-ring (bicyclic) bond motifs is 1. The average Bonchev–Trinajstić information content (AvgIpc) is 2.88. The van der Waals surface area contributed by atoms with Gasteiger partial charge in [0.25, 0.3) is 0 Å². The molecule has 3 rings (SSSR count). The van der Waals surface area contributed by atoms with Crippen molar-refractivity contribution in [2.45, 2.75) is 33.7 Å². The van der Waals surface area contributed by atoms with Gasteiger partial charge >= 0.3 is 0 Å². The molecule has 1 aromatic carbocycles. The van der Waals surface area contributed by atoms with Crippen LogP contribution in [0.2, 0.25) is 0 Å². The Morgan fingerprint density at radius 3 is 2.65 bits per heavy atom. The van der Waals surface area contributed by atoms with Crippen LogP contribution in [0, 0.1) is 20.8 Å². The highest BCUT2D eigenvalue weighted by Gasteiger charge is 2.21. The van der Waals surface area contributed by atoms with E-state index in [9.17, 15) is 0 Å². The van der Waals surface area contributed by atoms with Crippen LogP contribution in [0.25, 0.3) is 11.0 Å². The molecule has 2 heterocycles. The Labute approximate surface area is 117 Å². The van der Waals surface area contributed by atoms with Gasteiger partial charge in [0.2, 0.25) is 5.95 Å². The summed E-state index contributed by atoms with van der Waals surface area (Å²) in [5.41, 5.74) is 11.2. The number of imidazole rings is 1. The molecule has 0 saturated heterocycles. The number of nitrogens with zero attached hydrogens (tertiary/aromatic N) is 3. The summed E-state index contributed by atoms with van der Waals surface area (Å²) in [6.45, 7) is 8.00. The molecular formula is C15H18N4O. The monoisotopic (exact) mass is 270 g/mol. The molecule has 5 nitrogen and oxygen atoms in total. The van der Waals surface area contributed by atoms with Crippen LogP contribution in [0.15, 0.2) is 22.7 Å². The second-order valence-electron chi connectivity index (χ2n) is 5.25. The first-order chi connectivity index (χ1) is 9.49. The third-order valence-corrected chi connectivity index (χ3v) is 3.77. The quantitative estimate of drug-likeness (QED) is 0.776. The standard InChI is InChI=1S/C15H18N4O/c1-8-5-6-13-12(7-8)17-15(16)19(13)10(3)14-9(2)18-20-11(14)4/h5-7,10H,1-4H3,(H2,16,17). The maximum Gasteiger partial charge on any atom is 0.201 e. The highest BCUT2D eigenvalue weighted by molar-refractivity contribution is 5.79. The fraction of sp³-hybridized carbons (Fsp3) is 0.333. The molecule has 3 aromatic rings. The zero-order valence-electron chi connectivity index (χ0n) is 12.1. The van der Waals surface area contributed by atoms with Gasteiger partial charge in [-0.3, -0.25) is 0 Å². The van der Waals surface area contributed by atoms with E-state index in [1.165, 1.54) is 5.56 Å². The second-order valence-corrected chi connectivity index (χ2v) is 5.25. The van der Waals surface area contributed by atoms with Gasteiger partial charge in [-0.25, -0.2) is 4.98 Å². The molecular weight excluding hydrogens is 252 g/mol. The first kappa shape index (κ1) is 12.7. The topological polar surface area (TPSA) is 69.9 Å². The molecule has 0 amide bonds. The number of aromatic nitrogens is 3. The van der Waals surface area contributed by atoms with Gasteiger partial charge in [-0.2, -0.15) is 0 Å². The molecule has 104 valence electrons. The fourth-order valence-electron chi connectivity index (χ4n) is 2.85. The number of nitrogens with two attached hydrogens (primary N) is 1. The molecule has 1 unspecified atom stereocenters. The Bertz CT molecular complexity index is 765. The van der Waals surface area contributed by atoms with Crippen molar-refractivity contribution < 1.29 is 4.52 Å².